The molecule has 6 heteroatoms. The second-order valence-corrected chi connectivity index (χ2v) is 1.71. The molecule has 0 saturated carbocycles. The first kappa shape index (κ1) is 7.42. The van der Waals surface area contributed by atoms with Gasteiger partial charge in [0.25, 0.3) is 0 Å². The highest BCUT2D eigenvalue weighted by Gasteiger charge is 1.97. The SMILES string of the molecule is NNC(=O)Nc1cccnn1. The van der Waals surface area contributed by atoms with Gasteiger partial charge in [-0.2, -0.15) is 5.10 Å². The Bertz CT molecular complexity index is 236. The van der Waals surface area contributed by atoms with Gasteiger partial charge in [0.2, 0.25) is 0 Å². The highest BCUT2D eigenvalue weighted by atomic mass is 16.2. The zero-order valence-electron chi connectivity index (χ0n) is 5.61. The summed E-state index contributed by atoms with van der Waals surface area (Å²) in [6.45, 7) is 0. The average Bonchev–Trinajstić information content (AvgIpc) is 2.06. The summed E-state index contributed by atoms with van der Waals surface area (Å²) in [4.78, 5) is 10.6. The lowest BCUT2D eigenvalue weighted by Crippen LogP contribution is -2.34. The van der Waals surface area contributed by atoms with E-state index in [4.69, 9.17) is 5.84 Å². The Morgan fingerprint density at radius 2 is 2.45 bits per heavy atom. The molecule has 2 amide bonds. The van der Waals surface area contributed by atoms with Crippen LogP contribution in [0, 0.1) is 0 Å². The Morgan fingerprint density at radius 3 is 3.00 bits per heavy atom. The second-order valence-electron chi connectivity index (χ2n) is 1.71. The molecule has 11 heavy (non-hydrogen) atoms. The average molecular weight is 153 g/mol. The third-order valence-electron chi connectivity index (χ3n) is 0.945. The molecule has 1 heterocycles. The summed E-state index contributed by atoms with van der Waals surface area (Å²) < 4.78 is 0. The molecule has 0 spiro atoms. The molecule has 0 saturated heterocycles. The number of hydrazine groups is 1. The van der Waals surface area contributed by atoms with Crippen molar-refractivity contribution in [3.63, 3.8) is 0 Å². The number of nitrogens with zero attached hydrogens (tertiary/aromatic N) is 2. The van der Waals surface area contributed by atoms with Crippen molar-refractivity contribution in [2.75, 3.05) is 5.32 Å². The van der Waals surface area contributed by atoms with Crippen LogP contribution in [0.15, 0.2) is 18.3 Å². The summed E-state index contributed by atoms with van der Waals surface area (Å²) in [5.74, 6) is 5.17. The van der Waals surface area contributed by atoms with E-state index < -0.39 is 6.03 Å². The summed E-state index contributed by atoms with van der Waals surface area (Å²) in [6, 6.07) is 2.73. The Hall–Kier alpha value is -1.69. The number of carbonyl (C=O) groups is 1. The van der Waals surface area contributed by atoms with Crippen LogP contribution in [-0.2, 0) is 0 Å². The molecule has 0 fully saturated rings. The van der Waals surface area contributed by atoms with Gasteiger partial charge in [-0.25, -0.2) is 10.6 Å². The zero-order chi connectivity index (χ0) is 8.10. The molecule has 1 aromatic rings. The van der Waals surface area contributed by atoms with Crippen molar-refractivity contribution in [3.8, 4) is 0 Å². The lowest BCUT2D eigenvalue weighted by molar-refractivity contribution is 0.252. The Morgan fingerprint density at radius 1 is 1.64 bits per heavy atom. The number of hydrogen-bond donors (Lipinski definition) is 3. The van der Waals surface area contributed by atoms with Gasteiger partial charge >= 0.3 is 6.03 Å². The van der Waals surface area contributed by atoms with E-state index in [1.165, 1.54) is 6.20 Å². The number of aromatic nitrogens is 2. The quantitative estimate of drug-likeness (QED) is 0.287. The Balaban J connectivity index is 2.58. The van der Waals surface area contributed by atoms with Crippen molar-refractivity contribution in [3.05, 3.63) is 18.3 Å². The highest BCUT2D eigenvalue weighted by molar-refractivity contribution is 5.87. The molecule has 1 aromatic heterocycles. The van der Waals surface area contributed by atoms with Crippen LogP contribution < -0.4 is 16.6 Å². The number of anilines is 1. The smallest absolute Gasteiger partial charge is 0.290 e. The van der Waals surface area contributed by atoms with Gasteiger partial charge in [-0.15, -0.1) is 5.10 Å². The fourth-order valence-electron chi connectivity index (χ4n) is 0.521. The fraction of sp³-hybridized carbons (Fsp3) is 0. The van der Waals surface area contributed by atoms with Crippen LogP contribution in [0.25, 0.3) is 0 Å². The van der Waals surface area contributed by atoms with Gasteiger partial charge in [-0.1, -0.05) is 0 Å². The lowest BCUT2D eigenvalue weighted by Gasteiger charge is -1.99. The summed E-state index contributed by atoms with van der Waals surface area (Å²) in [6.07, 6.45) is 1.51. The molecular formula is C5H7N5O. The number of amides is 2. The number of carbonyl (C=O) groups excluding carboxylic acids is 1. The van der Waals surface area contributed by atoms with E-state index in [1.807, 2.05) is 5.43 Å². The molecule has 0 atom stereocenters. The second kappa shape index (κ2) is 3.47. The zero-order valence-corrected chi connectivity index (χ0v) is 5.61. The normalized spacial score (nSPS) is 8.82. The number of urea groups is 1. The maximum absolute atomic E-state index is 10.6. The first-order valence-corrected chi connectivity index (χ1v) is 2.88. The van der Waals surface area contributed by atoms with E-state index in [1.54, 1.807) is 12.1 Å². The van der Waals surface area contributed by atoms with E-state index in [9.17, 15) is 4.79 Å². The summed E-state index contributed by atoms with van der Waals surface area (Å²) in [5, 5.41) is 9.47. The van der Waals surface area contributed by atoms with Gasteiger partial charge in [0.1, 0.15) is 0 Å². The van der Waals surface area contributed by atoms with Gasteiger partial charge in [0, 0.05) is 6.20 Å². The maximum Gasteiger partial charge on any atom is 0.334 e. The number of rotatable bonds is 1. The molecule has 0 aliphatic carbocycles. The molecule has 1 rings (SSSR count). The van der Waals surface area contributed by atoms with E-state index >= 15 is 0 Å². The van der Waals surface area contributed by atoms with Crippen molar-refractivity contribution < 1.29 is 4.79 Å². The van der Waals surface area contributed by atoms with Crippen LogP contribution in [0.1, 0.15) is 0 Å². The number of hydrogen-bond acceptors (Lipinski definition) is 4. The fourth-order valence-corrected chi connectivity index (χ4v) is 0.521. The molecule has 0 unspecified atom stereocenters. The van der Waals surface area contributed by atoms with Crippen molar-refractivity contribution in [2.45, 2.75) is 0 Å². The predicted octanol–water partition coefficient (Wildman–Crippen LogP) is -0.528. The Kier molecular flexibility index (Phi) is 2.34. The maximum atomic E-state index is 10.6. The van der Waals surface area contributed by atoms with Crippen molar-refractivity contribution in [1.82, 2.24) is 15.6 Å². The monoisotopic (exact) mass is 153 g/mol. The van der Waals surface area contributed by atoms with E-state index in [0.717, 1.165) is 0 Å². The molecule has 58 valence electrons. The molecule has 0 radical (unpaired) electrons. The van der Waals surface area contributed by atoms with Gasteiger partial charge in [0.15, 0.2) is 5.82 Å². The van der Waals surface area contributed by atoms with Crippen LogP contribution in [0.5, 0.6) is 0 Å². The van der Waals surface area contributed by atoms with Crippen LogP contribution in [-0.4, -0.2) is 16.2 Å². The lowest BCUT2D eigenvalue weighted by atomic mass is 10.5. The molecule has 0 bridgehead atoms. The van der Waals surface area contributed by atoms with Gasteiger partial charge in [0.05, 0.1) is 0 Å². The van der Waals surface area contributed by atoms with Gasteiger partial charge < -0.3 is 0 Å². The molecule has 0 aliphatic heterocycles. The summed E-state index contributed by atoms with van der Waals surface area (Å²) in [5.41, 5.74) is 1.90. The highest BCUT2D eigenvalue weighted by Crippen LogP contribution is 1.95. The third-order valence-corrected chi connectivity index (χ3v) is 0.945. The summed E-state index contributed by atoms with van der Waals surface area (Å²) in [7, 11) is 0. The van der Waals surface area contributed by atoms with Crippen molar-refractivity contribution in [1.29, 1.82) is 0 Å². The van der Waals surface area contributed by atoms with Gasteiger partial charge in [-0.3, -0.25) is 10.7 Å². The van der Waals surface area contributed by atoms with Gasteiger partial charge in [-0.05, 0) is 12.1 Å². The number of nitrogens with one attached hydrogen (secondary N) is 2. The minimum atomic E-state index is -0.523. The van der Waals surface area contributed by atoms with E-state index in [-0.39, 0.29) is 0 Å². The summed E-state index contributed by atoms with van der Waals surface area (Å²) >= 11 is 0. The van der Waals surface area contributed by atoms with E-state index in [0.29, 0.717) is 5.82 Å². The number of nitrogens with two attached hydrogens (primary N) is 1. The first-order chi connectivity index (χ1) is 5.33. The van der Waals surface area contributed by atoms with Crippen molar-refractivity contribution >= 4 is 11.8 Å². The van der Waals surface area contributed by atoms with Crippen LogP contribution in [0.3, 0.4) is 0 Å². The topological polar surface area (TPSA) is 92.9 Å². The molecule has 0 aliphatic rings. The van der Waals surface area contributed by atoms with Crippen molar-refractivity contribution in [2.24, 2.45) is 5.84 Å². The molecule has 4 N–H and O–H groups in total. The molecule has 6 nitrogen and oxygen atoms in total. The predicted molar refractivity (Wildman–Crippen MR) is 38.4 cm³/mol. The molecular weight excluding hydrogens is 146 g/mol. The minimum absolute atomic E-state index is 0.357. The van der Waals surface area contributed by atoms with E-state index in [2.05, 4.69) is 15.5 Å². The standard InChI is InChI=1S/C5H7N5O/c6-9-5(11)8-4-2-1-3-7-10-4/h1-3H,6H2,(H2,8,9,10,11). The molecule has 0 aromatic carbocycles. The third kappa shape index (κ3) is 2.18. The Labute approximate surface area is 62.8 Å². The largest absolute Gasteiger partial charge is 0.334 e. The van der Waals surface area contributed by atoms with Crippen LogP contribution in [0.2, 0.25) is 0 Å². The van der Waals surface area contributed by atoms with Crippen LogP contribution in [0.4, 0.5) is 10.6 Å². The minimum Gasteiger partial charge on any atom is -0.290 e. The van der Waals surface area contributed by atoms with Crippen LogP contribution >= 0.6 is 0 Å². The first-order valence-electron chi connectivity index (χ1n) is 2.88.